The van der Waals surface area contributed by atoms with Gasteiger partial charge in [0.15, 0.2) is 0 Å². The summed E-state index contributed by atoms with van der Waals surface area (Å²) < 4.78 is 38.4. The molecule has 0 aromatic carbocycles. The zero-order valence-electron chi connectivity index (χ0n) is 11.3. The summed E-state index contributed by atoms with van der Waals surface area (Å²) in [6, 6.07) is 2.82. The van der Waals surface area contributed by atoms with E-state index in [1.54, 1.807) is 0 Å². The molecule has 108 valence electrons. The minimum atomic E-state index is -4.30. The number of halogens is 3. The van der Waals surface area contributed by atoms with Crippen LogP contribution in [0.4, 0.5) is 19.0 Å². The number of fused-ring (bicyclic) bond motifs is 2. The second-order valence-corrected chi connectivity index (χ2v) is 5.55. The molecular weight excluding hydrogens is 265 g/mol. The predicted octanol–water partition coefficient (Wildman–Crippen LogP) is 4.18. The van der Waals surface area contributed by atoms with Gasteiger partial charge in [-0.05, 0) is 44.7 Å². The predicted molar refractivity (Wildman–Crippen MR) is 71.5 cm³/mol. The van der Waals surface area contributed by atoms with Crippen molar-refractivity contribution in [2.75, 3.05) is 4.90 Å². The van der Waals surface area contributed by atoms with Gasteiger partial charge < -0.3 is 4.90 Å². The third kappa shape index (κ3) is 2.30. The van der Waals surface area contributed by atoms with Crippen LogP contribution in [0.5, 0.6) is 0 Å². The molecule has 2 bridgehead atoms. The quantitative estimate of drug-likeness (QED) is 0.718. The molecule has 5 heteroatoms. The standard InChI is InChI=1S/C15H17F3N2/c1-2-10-7-12-3-4-13(8-10)20(12)14-9-11(5-6-19-14)15(16,17)18/h2,5-6,9,12-13H,3-4,7-8H2,1H3. The summed E-state index contributed by atoms with van der Waals surface area (Å²) in [5.41, 5.74) is 0.805. The van der Waals surface area contributed by atoms with Crippen LogP contribution in [0.3, 0.4) is 0 Å². The Hall–Kier alpha value is -1.52. The molecule has 1 aromatic rings. The SMILES string of the molecule is CC=C1CC2CCC(C1)N2c1cc(C(F)(F)F)ccn1. The van der Waals surface area contributed by atoms with Crippen LogP contribution in [-0.2, 0) is 6.18 Å². The summed E-state index contributed by atoms with van der Waals surface area (Å²) >= 11 is 0. The molecule has 0 amide bonds. The van der Waals surface area contributed by atoms with Gasteiger partial charge in [-0.15, -0.1) is 0 Å². The third-order valence-corrected chi connectivity index (χ3v) is 4.36. The number of alkyl halides is 3. The molecule has 2 saturated heterocycles. The normalized spacial score (nSPS) is 26.0. The first-order valence-electron chi connectivity index (χ1n) is 6.94. The van der Waals surface area contributed by atoms with Crippen molar-refractivity contribution in [1.29, 1.82) is 0 Å². The van der Waals surface area contributed by atoms with E-state index in [4.69, 9.17) is 0 Å². The summed E-state index contributed by atoms with van der Waals surface area (Å²) in [5, 5.41) is 0. The molecule has 0 saturated carbocycles. The Kier molecular flexibility index (Phi) is 3.22. The maximum absolute atomic E-state index is 12.8. The third-order valence-electron chi connectivity index (χ3n) is 4.36. The summed E-state index contributed by atoms with van der Waals surface area (Å²) in [7, 11) is 0. The zero-order valence-corrected chi connectivity index (χ0v) is 11.3. The van der Waals surface area contributed by atoms with Gasteiger partial charge >= 0.3 is 6.18 Å². The lowest BCUT2D eigenvalue weighted by atomic mass is 9.96. The molecule has 1 aromatic heterocycles. The second kappa shape index (κ2) is 4.79. The molecule has 0 N–H and O–H groups in total. The Morgan fingerprint density at radius 1 is 1.25 bits per heavy atom. The van der Waals surface area contributed by atoms with Crippen LogP contribution in [0.2, 0.25) is 0 Å². The van der Waals surface area contributed by atoms with E-state index in [-0.39, 0.29) is 0 Å². The Morgan fingerprint density at radius 3 is 2.45 bits per heavy atom. The fourth-order valence-corrected chi connectivity index (χ4v) is 3.40. The first kappa shape index (κ1) is 13.5. The van der Waals surface area contributed by atoms with Crippen molar-refractivity contribution >= 4 is 5.82 Å². The fourth-order valence-electron chi connectivity index (χ4n) is 3.40. The number of allylic oxidation sites excluding steroid dienone is 1. The van der Waals surface area contributed by atoms with Crippen molar-refractivity contribution in [2.24, 2.45) is 0 Å². The first-order valence-corrected chi connectivity index (χ1v) is 6.94. The molecule has 2 unspecified atom stereocenters. The summed E-state index contributed by atoms with van der Waals surface area (Å²) in [6.45, 7) is 2.03. The van der Waals surface area contributed by atoms with Gasteiger partial charge in [-0.2, -0.15) is 13.2 Å². The highest BCUT2D eigenvalue weighted by Crippen LogP contribution is 2.41. The second-order valence-electron chi connectivity index (χ2n) is 5.55. The Labute approximate surface area is 116 Å². The monoisotopic (exact) mass is 282 g/mol. The highest BCUT2D eigenvalue weighted by atomic mass is 19.4. The van der Waals surface area contributed by atoms with E-state index >= 15 is 0 Å². The van der Waals surface area contributed by atoms with Crippen molar-refractivity contribution in [3.63, 3.8) is 0 Å². The van der Waals surface area contributed by atoms with Crippen LogP contribution in [-0.4, -0.2) is 17.1 Å². The molecule has 2 fully saturated rings. The molecule has 3 rings (SSSR count). The molecule has 2 atom stereocenters. The van der Waals surface area contributed by atoms with Gasteiger partial charge in [0, 0.05) is 18.3 Å². The number of rotatable bonds is 1. The zero-order chi connectivity index (χ0) is 14.3. The molecule has 2 nitrogen and oxygen atoms in total. The summed E-state index contributed by atoms with van der Waals surface area (Å²) in [5.74, 6) is 0.475. The number of hydrogen-bond acceptors (Lipinski definition) is 2. The maximum atomic E-state index is 12.8. The van der Waals surface area contributed by atoms with Crippen LogP contribution >= 0.6 is 0 Å². The van der Waals surface area contributed by atoms with Crippen molar-refractivity contribution in [2.45, 2.75) is 50.9 Å². The van der Waals surface area contributed by atoms with E-state index in [0.29, 0.717) is 17.9 Å². The number of nitrogens with zero attached hydrogens (tertiary/aromatic N) is 2. The molecule has 20 heavy (non-hydrogen) atoms. The van der Waals surface area contributed by atoms with Crippen LogP contribution in [0.1, 0.15) is 38.2 Å². The van der Waals surface area contributed by atoms with Gasteiger partial charge in [-0.1, -0.05) is 11.6 Å². The number of anilines is 1. The topological polar surface area (TPSA) is 16.1 Å². The van der Waals surface area contributed by atoms with Crippen LogP contribution in [0.25, 0.3) is 0 Å². The minimum Gasteiger partial charge on any atom is -0.350 e. The van der Waals surface area contributed by atoms with E-state index < -0.39 is 11.7 Å². The maximum Gasteiger partial charge on any atom is 0.416 e. The Balaban J connectivity index is 1.91. The van der Waals surface area contributed by atoms with Gasteiger partial charge in [-0.25, -0.2) is 4.98 Å². The lowest BCUT2D eigenvalue weighted by Gasteiger charge is -2.37. The molecule has 0 spiro atoms. The van der Waals surface area contributed by atoms with Crippen LogP contribution in [0, 0.1) is 0 Å². The number of pyridine rings is 1. The molecule has 0 aliphatic carbocycles. The van der Waals surface area contributed by atoms with E-state index in [1.165, 1.54) is 17.8 Å². The largest absolute Gasteiger partial charge is 0.416 e. The molecular formula is C15H17F3N2. The average molecular weight is 282 g/mol. The molecule has 2 aliphatic heterocycles. The smallest absolute Gasteiger partial charge is 0.350 e. The van der Waals surface area contributed by atoms with Gasteiger partial charge in [0.1, 0.15) is 5.82 Å². The minimum absolute atomic E-state index is 0.302. The fraction of sp³-hybridized carbons (Fsp3) is 0.533. The Morgan fingerprint density at radius 2 is 1.90 bits per heavy atom. The van der Waals surface area contributed by atoms with E-state index in [0.717, 1.165) is 31.7 Å². The summed E-state index contributed by atoms with van der Waals surface area (Å²) in [6.07, 6.45) is 3.09. The van der Waals surface area contributed by atoms with E-state index in [2.05, 4.69) is 16.0 Å². The van der Waals surface area contributed by atoms with E-state index in [9.17, 15) is 13.2 Å². The van der Waals surface area contributed by atoms with Crippen molar-refractivity contribution in [3.8, 4) is 0 Å². The number of hydrogen-bond donors (Lipinski definition) is 0. The lowest BCUT2D eigenvalue weighted by molar-refractivity contribution is -0.137. The highest BCUT2D eigenvalue weighted by Gasteiger charge is 2.40. The number of aromatic nitrogens is 1. The first-order chi connectivity index (χ1) is 9.49. The number of piperidine rings is 1. The Bertz CT molecular complexity index is 520. The van der Waals surface area contributed by atoms with Gasteiger partial charge in [0.05, 0.1) is 5.56 Å². The van der Waals surface area contributed by atoms with Gasteiger partial charge in [0.25, 0.3) is 0 Å². The van der Waals surface area contributed by atoms with E-state index in [1.807, 2.05) is 6.92 Å². The lowest BCUT2D eigenvalue weighted by Crippen LogP contribution is -2.41. The van der Waals surface area contributed by atoms with Crippen molar-refractivity contribution in [1.82, 2.24) is 4.98 Å². The highest BCUT2D eigenvalue weighted by molar-refractivity contribution is 5.47. The average Bonchev–Trinajstić information content (AvgIpc) is 2.68. The molecule has 3 heterocycles. The van der Waals surface area contributed by atoms with Crippen molar-refractivity contribution in [3.05, 3.63) is 35.5 Å². The molecule has 2 aliphatic rings. The summed E-state index contributed by atoms with van der Waals surface area (Å²) in [4.78, 5) is 6.27. The molecule has 0 radical (unpaired) electrons. The van der Waals surface area contributed by atoms with Gasteiger partial charge in [-0.3, -0.25) is 0 Å². The van der Waals surface area contributed by atoms with Gasteiger partial charge in [0.2, 0.25) is 0 Å². The van der Waals surface area contributed by atoms with Crippen LogP contribution in [0.15, 0.2) is 30.0 Å². The van der Waals surface area contributed by atoms with Crippen LogP contribution < -0.4 is 4.90 Å². The van der Waals surface area contributed by atoms with Crippen molar-refractivity contribution < 1.29 is 13.2 Å².